The van der Waals surface area contributed by atoms with Crippen LogP contribution < -0.4 is 0 Å². The van der Waals surface area contributed by atoms with Crippen molar-refractivity contribution in [1.29, 1.82) is 0 Å². The number of benzene rings is 1. The summed E-state index contributed by atoms with van der Waals surface area (Å²) in [5, 5.41) is 9.23. The quantitative estimate of drug-likeness (QED) is 0.542. The van der Waals surface area contributed by atoms with Crippen LogP contribution in [0, 0.1) is 21.1 Å². The van der Waals surface area contributed by atoms with E-state index >= 15 is 0 Å². The Hall–Kier alpha value is -1.56. The molecule has 0 aliphatic rings. The molecule has 0 fully saturated rings. The molecule has 2 rings (SSSR count). The second-order valence-corrected chi connectivity index (χ2v) is 3.60. The van der Waals surface area contributed by atoms with Gasteiger partial charge in [-0.05, 0) is 6.07 Å². The molecule has 14 heavy (non-hydrogen) atoms. The van der Waals surface area contributed by atoms with E-state index in [-0.39, 0.29) is 10.1 Å². The number of halogens is 2. The number of nitro groups is 1. The first-order valence-electron chi connectivity index (χ1n) is 3.62. The first-order valence-corrected chi connectivity index (χ1v) is 4.44. The van der Waals surface area contributed by atoms with Crippen LogP contribution in [-0.4, -0.2) is 4.92 Å². The van der Waals surface area contributed by atoms with Gasteiger partial charge in [0.1, 0.15) is 5.39 Å². The number of fused-ring (bicyclic) bond motifs is 1. The smallest absolute Gasteiger partial charge is 0.258 e. The van der Waals surface area contributed by atoms with E-state index in [2.05, 4.69) is 0 Å². The zero-order valence-corrected chi connectivity index (χ0v) is 7.48. The fraction of sp³-hybridized carbons (Fsp3) is 0. The number of non-ortho nitro benzene ring substituents is 1. The monoisotopic (exact) mass is 215 g/mol. The van der Waals surface area contributed by atoms with Crippen LogP contribution in [0.1, 0.15) is 0 Å². The summed E-state index contributed by atoms with van der Waals surface area (Å²) < 4.78 is 26.2. The molecule has 0 aliphatic carbocycles. The van der Waals surface area contributed by atoms with Crippen molar-refractivity contribution < 1.29 is 13.7 Å². The molecule has 3 nitrogen and oxygen atoms in total. The van der Waals surface area contributed by atoms with Crippen molar-refractivity contribution >= 4 is 27.1 Å². The van der Waals surface area contributed by atoms with Gasteiger partial charge in [-0.2, -0.15) is 4.39 Å². The van der Waals surface area contributed by atoms with Gasteiger partial charge in [0.25, 0.3) is 5.69 Å². The molecule has 1 aromatic carbocycles. The molecule has 0 N–H and O–H groups in total. The Labute approximate surface area is 80.7 Å². The second-order valence-electron chi connectivity index (χ2n) is 2.60. The minimum atomic E-state index is -1.14. The molecular formula is C8H3F2NO2S. The van der Waals surface area contributed by atoms with Gasteiger partial charge in [0, 0.05) is 10.8 Å². The molecule has 72 valence electrons. The van der Waals surface area contributed by atoms with E-state index in [1.165, 1.54) is 12.1 Å². The van der Waals surface area contributed by atoms with Crippen LogP contribution in [0.3, 0.4) is 0 Å². The Morgan fingerprint density at radius 1 is 1.36 bits per heavy atom. The molecule has 0 saturated heterocycles. The van der Waals surface area contributed by atoms with E-state index in [9.17, 15) is 18.9 Å². The summed E-state index contributed by atoms with van der Waals surface area (Å²) >= 11 is 0.564. The fourth-order valence-electron chi connectivity index (χ4n) is 1.22. The lowest BCUT2D eigenvalue weighted by Crippen LogP contribution is -1.89. The largest absolute Gasteiger partial charge is 0.281 e. The van der Waals surface area contributed by atoms with E-state index in [1.807, 2.05) is 0 Å². The predicted octanol–water partition coefficient (Wildman–Crippen LogP) is 3.09. The van der Waals surface area contributed by atoms with Gasteiger partial charge < -0.3 is 0 Å². The van der Waals surface area contributed by atoms with Crippen LogP contribution >= 0.6 is 11.3 Å². The molecule has 1 aromatic heterocycles. The van der Waals surface area contributed by atoms with Gasteiger partial charge in [-0.15, -0.1) is 11.3 Å². The van der Waals surface area contributed by atoms with Gasteiger partial charge >= 0.3 is 0 Å². The molecule has 0 saturated carbocycles. The third-order valence-corrected chi connectivity index (χ3v) is 2.71. The predicted molar refractivity (Wildman–Crippen MR) is 48.4 cm³/mol. The minimum absolute atomic E-state index is 0.245. The van der Waals surface area contributed by atoms with Crippen molar-refractivity contribution in [2.45, 2.75) is 0 Å². The number of hydrogen-bond donors (Lipinski definition) is 0. The highest BCUT2D eigenvalue weighted by Crippen LogP contribution is 2.34. The first-order chi connectivity index (χ1) is 6.61. The van der Waals surface area contributed by atoms with Gasteiger partial charge in [0.05, 0.1) is 4.92 Å². The van der Waals surface area contributed by atoms with Gasteiger partial charge in [-0.3, -0.25) is 10.1 Å². The molecule has 2 aromatic rings. The highest BCUT2D eigenvalue weighted by atomic mass is 32.1. The van der Waals surface area contributed by atoms with E-state index in [4.69, 9.17) is 0 Å². The van der Waals surface area contributed by atoms with E-state index in [0.29, 0.717) is 11.3 Å². The number of thiophene rings is 1. The average Bonchev–Trinajstić information content (AvgIpc) is 2.43. The van der Waals surface area contributed by atoms with Crippen molar-refractivity contribution in [3.8, 4) is 0 Å². The topological polar surface area (TPSA) is 43.1 Å². The van der Waals surface area contributed by atoms with Gasteiger partial charge in [-0.25, -0.2) is 4.39 Å². The summed E-state index contributed by atoms with van der Waals surface area (Å²) in [5.41, 5.74) is -0.403. The molecule has 0 atom stereocenters. The van der Waals surface area contributed by atoms with Crippen LogP contribution in [0.15, 0.2) is 18.2 Å². The van der Waals surface area contributed by atoms with Crippen molar-refractivity contribution in [3.05, 3.63) is 39.3 Å². The Kier molecular flexibility index (Phi) is 1.92. The highest BCUT2D eigenvalue weighted by molar-refractivity contribution is 7.17. The van der Waals surface area contributed by atoms with E-state index < -0.39 is 21.6 Å². The molecule has 0 radical (unpaired) electrons. The van der Waals surface area contributed by atoms with Crippen LogP contribution in [0.25, 0.3) is 10.1 Å². The summed E-state index contributed by atoms with van der Waals surface area (Å²) in [6.07, 6.45) is 0. The Morgan fingerprint density at radius 2 is 2.07 bits per heavy atom. The summed E-state index contributed by atoms with van der Waals surface area (Å²) in [5.74, 6) is -1.14. The van der Waals surface area contributed by atoms with Gasteiger partial charge in [0.2, 0.25) is 5.13 Å². The molecule has 6 heteroatoms. The van der Waals surface area contributed by atoms with Gasteiger partial charge in [-0.1, -0.05) is 6.07 Å². The third-order valence-electron chi connectivity index (χ3n) is 1.79. The van der Waals surface area contributed by atoms with E-state index in [0.717, 1.165) is 6.07 Å². The zero-order valence-electron chi connectivity index (χ0n) is 6.66. The van der Waals surface area contributed by atoms with Crippen LogP contribution in [0.4, 0.5) is 14.5 Å². The lowest BCUT2D eigenvalue weighted by molar-refractivity contribution is -0.383. The Bertz CT molecular complexity index is 523. The fourth-order valence-corrected chi connectivity index (χ4v) is 2.04. The van der Waals surface area contributed by atoms with Gasteiger partial charge in [0.15, 0.2) is 5.82 Å². The molecule has 0 aliphatic heterocycles. The average molecular weight is 215 g/mol. The van der Waals surface area contributed by atoms with Crippen molar-refractivity contribution in [1.82, 2.24) is 0 Å². The maximum atomic E-state index is 13.1. The molecule has 0 unspecified atom stereocenters. The highest BCUT2D eigenvalue weighted by Gasteiger charge is 2.20. The summed E-state index contributed by atoms with van der Waals surface area (Å²) in [6.45, 7) is 0. The van der Waals surface area contributed by atoms with Crippen molar-refractivity contribution in [2.75, 3.05) is 0 Å². The Morgan fingerprint density at radius 3 is 2.71 bits per heavy atom. The first kappa shape index (κ1) is 9.01. The lowest BCUT2D eigenvalue weighted by Gasteiger charge is -1.92. The molecule has 1 heterocycles. The lowest BCUT2D eigenvalue weighted by atomic mass is 10.2. The normalized spacial score (nSPS) is 10.7. The Balaban J connectivity index is 2.91. The molecule has 0 amide bonds. The minimum Gasteiger partial charge on any atom is -0.258 e. The van der Waals surface area contributed by atoms with Crippen LogP contribution in [-0.2, 0) is 0 Å². The standard InChI is InChI=1S/C8H3F2NO2S/c9-7-6-4(11(12)13)2-1-3-5(6)14-8(7)10/h1-3H. The second kappa shape index (κ2) is 2.98. The number of rotatable bonds is 1. The van der Waals surface area contributed by atoms with Crippen molar-refractivity contribution in [3.63, 3.8) is 0 Å². The number of nitrogens with zero attached hydrogens (tertiary/aromatic N) is 1. The summed E-state index contributed by atoms with van der Waals surface area (Å²) in [6, 6.07) is 3.99. The maximum absolute atomic E-state index is 13.1. The summed E-state index contributed by atoms with van der Waals surface area (Å²) in [7, 11) is 0. The van der Waals surface area contributed by atoms with Crippen LogP contribution in [0.2, 0.25) is 0 Å². The van der Waals surface area contributed by atoms with Crippen LogP contribution in [0.5, 0.6) is 0 Å². The number of hydrogen-bond acceptors (Lipinski definition) is 3. The van der Waals surface area contributed by atoms with E-state index in [1.54, 1.807) is 0 Å². The third kappa shape index (κ3) is 1.15. The molecule has 0 spiro atoms. The summed E-state index contributed by atoms with van der Waals surface area (Å²) in [4.78, 5) is 9.77. The number of nitro benzene ring substituents is 1. The molecular weight excluding hydrogens is 212 g/mol. The molecule has 0 bridgehead atoms. The van der Waals surface area contributed by atoms with Crippen molar-refractivity contribution in [2.24, 2.45) is 0 Å². The zero-order chi connectivity index (χ0) is 10.3. The maximum Gasteiger partial charge on any atom is 0.281 e. The SMILES string of the molecule is O=[N+]([O-])c1cccc2sc(F)c(F)c12.